The van der Waals surface area contributed by atoms with Gasteiger partial charge in [0.25, 0.3) is 0 Å². The lowest BCUT2D eigenvalue weighted by Crippen LogP contribution is -2.61. The van der Waals surface area contributed by atoms with Crippen molar-refractivity contribution in [1.82, 2.24) is 10.2 Å². The van der Waals surface area contributed by atoms with Gasteiger partial charge in [-0.2, -0.15) is 0 Å². The van der Waals surface area contributed by atoms with E-state index >= 15 is 0 Å². The first-order chi connectivity index (χ1) is 9.13. The number of nitrogens with one attached hydrogen (secondary N) is 1. The summed E-state index contributed by atoms with van der Waals surface area (Å²) in [6, 6.07) is 2.29. The summed E-state index contributed by atoms with van der Waals surface area (Å²) in [5.41, 5.74) is 0. The molecule has 3 atom stereocenters. The fourth-order valence-electron chi connectivity index (χ4n) is 3.61. The van der Waals surface area contributed by atoms with Gasteiger partial charge in [-0.25, -0.2) is 0 Å². The first-order valence-electron chi connectivity index (χ1n) is 8.62. The zero-order chi connectivity index (χ0) is 13.8. The Morgan fingerprint density at radius 3 is 2.47 bits per heavy atom. The largest absolute Gasteiger partial charge is 0.311 e. The molecule has 1 saturated carbocycles. The lowest BCUT2D eigenvalue weighted by atomic mass is 9.94. The highest BCUT2D eigenvalue weighted by atomic mass is 15.3. The fourth-order valence-corrected chi connectivity index (χ4v) is 3.61. The third kappa shape index (κ3) is 4.19. The molecule has 2 aliphatic rings. The quantitative estimate of drug-likeness (QED) is 0.707. The summed E-state index contributed by atoms with van der Waals surface area (Å²) in [7, 11) is 0. The van der Waals surface area contributed by atoms with Crippen LogP contribution in [0.15, 0.2) is 0 Å². The average Bonchev–Trinajstić information content (AvgIpc) is 3.22. The van der Waals surface area contributed by atoms with Gasteiger partial charge in [-0.15, -0.1) is 0 Å². The van der Waals surface area contributed by atoms with Crippen molar-refractivity contribution < 1.29 is 0 Å². The van der Waals surface area contributed by atoms with Gasteiger partial charge in [0.2, 0.25) is 0 Å². The Morgan fingerprint density at radius 1 is 1.16 bits per heavy atom. The van der Waals surface area contributed by atoms with Gasteiger partial charge in [0.15, 0.2) is 0 Å². The summed E-state index contributed by atoms with van der Waals surface area (Å²) in [4.78, 5) is 2.83. The van der Waals surface area contributed by atoms with E-state index < -0.39 is 0 Å². The third-order valence-corrected chi connectivity index (χ3v) is 5.17. The lowest BCUT2D eigenvalue weighted by molar-refractivity contribution is 0.0531. The lowest BCUT2D eigenvalue weighted by Gasteiger charge is -2.46. The van der Waals surface area contributed by atoms with Gasteiger partial charge in [0.05, 0.1) is 0 Å². The maximum atomic E-state index is 3.82. The summed E-state index contributed by atoms with van der Waals surface area (Å²) in [6.07, 6.45) is 8.44. The second-order valence-corrected chi connectivity index (χ2v) is 7.21. The molecule has 1 N–H and O–H groups in total. The number of rotatable bonds is 7. The molecule has 2 rings (SSSR count). The van der Waals surface area contributed by atoms with Gasteiger partial charge in [-0.1, -0.05) is 40.0 Å². The van der Waals surface area contributed by atoms with E-state index in [1.165, 1.54) is 51.6 Å². The first-order valence-corrected chi connectivity index (χ1v) is 8.62. The highest BCUT2D eigenvalue weighted by Gasteiger charge is 2.39. The highest BCUT2D eigenvalue weighted by molar-refractivity contribution is 4.96. The average molecular weight is 266 g/mol. The van der Waals surface area contributed by atoms with Gasteiger partial charge in [0.1, 0.15) is 0 Å². The molecular weight excluding hydrogens is 232 g/mol. The second-order valence-electron chi connectivity index (χ2n) is 7.21. The molecule has 1 aliphatic heterocycles. The van der Waals surface area contributed by atoms with Gasteiger partial charge in [-0.05, 0) is 38.0 Å². The molecule has 2 heteroatoms. The zero-order valence-corrected chi connectivity index (χ0v) is 13.5. The van der Waals surface area contributed by atoms with Crippen molar-refractivity contribution in [2.75, 3.05) is 13.1 Å². The maximum Gasteiger partial charge on any atom is 0.0247 e. The van der Waals surface area contributed by atoms with Gasteiger partial charge >= 0.3 is 0 Å². The number of nitrogens with zero attached hydrogens (tertiary/aromatic N) is 1. The molecule has 2 fully saturated rings. The van der Waals surface area contributed by atoms with Gasteiger partial charge in [0, 0.05) is 31.2 Å². The second kappa shape index (κ2) is 7.08. The minimum atomic E-state index is 0.742. The summed E-state index contributed by atoms with van der Waals surface area (Å²) in [6.45, 7) is 12.0. The van der Waals surface area contributed by atoms with Crippen molar-refractivity contribution >= 4 is 0 Å². The smallest absolute Gasteiger partial charge is 0.0247 e. The Bertz CT molecular complexity index is 260. The van der Waals surface area contributed by atoms with E-state index in [0.717, 1.165) is 30.0 Å². The Labute approximate surface area is 120 Å². The summed E-state index contributed by atoms with van der Waals surface area (Å²) >= 11 is 0. The number of hydrogen-bond acceptors (Lipinski definition) is 2. The van der Waals surface area contributed by atoms with Crippen molar-refractivity contribution in [3.63, 3.8) is 0 Å². The van der Waals surface area contributed by atoms with Crippen LogP contribution in [0.5, 0.6) is 0 Å². The molecule has 1 aliphatic carbocycles. The van der Waals surface area contributed by atoms with Crippen LogP contribution in [0.25, 0.3) is 0 Å². The third-order valence-electron chi connectivity index (χ3n) is 5.17. The Hall–Kier alpha value is -0.0800. The predicted octanol–water partition coefficient (Wildman–Crippen LogP) is 3.66. The SMILES string of the molecule is CCCCCC(C)N1CC(C2CC2)NCC1C(C)C. The molecule has 0 amide bonds. The maximum absolute atomic E-state index is 3.82. The van der Waals surface area contributed by atoms with E-state index in [-0.39, 0.29) is 0 Å². The molecule has 112 valence electrons. The Balaban J connectivity index is 1.89. The molecule has 0 aromatic heterocycles. The minimum absolute atomic E-state index is 0.742. The van der Waals surface area contributed by atoms with Gasteiger partial charge < -0.3 is 5.32 Å². The van der Waals surface area contributed by atoms with Crippen LogP contribution in [0.2, 0.25) is 0 Å². The Kier molecular flexibility index (Phi) is 5.70. The van der Waals surface area contributed by atoms with Crippen LogP contribution in [-0.4, -0.2) is 36.1 Å². The van der Waals surface area contributed by atoms with Crippen LogP contribution in [-0.2, 0) is 0 Å². The zero-order valence-electron chi connectivity index (χ0n) is 13.5. The molecule has 3 unspecified atom stereocenters. The van der Waals surface area contributed by atoms with Crippen LogP contribution < -0.4 is 5.32 Å². The fraction of sp³-hybridized carbons (Fsp3) is 1.00. The van der Waals surface area contributed by atoms with E-state index in [2.05, 4.69) is 37.9 Å². The van der Waals surface area contributed by atoms with E-state index in [4.69, 9.17) is 0 Å². The molecule has 1 saturated heterocycles. The van der Waals surface area contributed by atoms with Crippen LogP contribution in [0.4, 0.5) is 0 Å². The van der Waals surface area contributed by atoms with E-state index in [1.807, 2.05) is 0 Å². The van der Waals surface area contributed by atoms with Crippen LogP contribution >= 0.6 is 0 Å². The molecule has 0 radical (unpaired) electrons. The monoisotopic (exact) mass is 266 g/mol. The summed E-state index contributed by atoms with van der Waals surface area (Å²) in [5.74, 6) is 1.75. The molecule has 0 spiro atoms. The molecule has 2 nitrogen and oxygen atoms in total. The minimum Gasteiger partial charge on any atom is -0.311 e. The number of piperazine rings is 1. The van der Waals surface area contributed by atoms with Crippen LogP contribution in [0.3, 0.4) is 0 Å². The molecule has 0 aromatic carbocycles. The van der Waals surface area contributed by atoms with E-state index in [0.29, 0.717) is 0 Å². The summed E-state index contributed by atoms with van der Waals surface area (Å²) < 4.78 is 0. The van der Waals surface area contributed by atoms with Crippen molar-refractivity contribution in [3.05, 3.63) is 0 Å². The van der Waals surface area contributed by atoms with E-state index in [1.54, 1.807) is 0 Å². The molecule has 19 heavy (non-hydrogen) atoms. The topological polar surface area (TPSA) is 15.3 Å². The van der Waals surface area contributed by atoms with Crippen molar-refractivity contribution in [2.45, 2.75) is 84.3 Å². The van der Waals surface area contributed by atoms with E-state index in [9.17, 15) is 0 Å². The van der Waals surface area contributed by atoms with Gasteiger partial charge in [-0.3, -0.25) is 4.90 Å². The predicted molar refractivity (Wildman–Crippen MR) is 83.5 cm³/mol. The molecular formula is C17H34N2. The summed E-state index contributed by atoms with van der Waals surface area (Å²) in [5, 5.41) is 3.82. The van der Waals surface area contributed by atoms with Crippen LogP contribution in [0.1, 0.15) is 66.2 Å². The normalized spacial score (nSPS) is 30.8. The standard InChI is InChI=1S/C17H34N2/c1-5-6-7-8-14(4)19-12-16(15-9-10-15)18-11-17(19)13(2)3/h13-18H,5-12H2,1-4H3. The Morgan fingerprint density at radius 2 is 1.89 bits per heavy atom. The molecule has 0 aromatic rings. The molecule has 1 heterocycles. The van der Waals surface area contributed by atoms with Crippen molar-refractivity contribution in [1.29, 1.82) is 0 Å². The molecule has 0 bridgehead atoms. The highest BCUT2D eigenvalue weighted by Crippen LogP contribution is 2.35. The van der Waals surface area contributed by atoms with Crippen molar-refractivity contribution in [3.8, 4) is 0 Å². The van der Waals surface area contributed by atoms with Crippen LogP contribution in [0, 0.1) is 11.8 Å². The first kappa shape index (κ1) is 15.3. The number of hydrogen-bond donors (Lipinski definition) is 1. The van der Waals surface area contributed by atoms with Crippen molar-refractivity contribution in [2.24, 2.45) is 11.8 Å². The number of unbranched alkanes of at least 4 members (excludes halogenated alkanes) is 2.